The number of hydrogen-bond donors (Lipinski definition) is 1. The number of carbonyl (C=O) groups excluding carboxylic acids is 1. The predicted molar refractivity (Wildman–Crippen MR) is 111 cm³/mol. The van der Waals surface area contributed by atoms with Crippen LogP contribution in [0.5, 0.6) is 0 Å². The van der Waals surface area contributed by atoms with E-state index >= 15 is 0 Å². The van der Waals surface area contributed by atoms with Gasteiger partial charge < -0.3 is 19.4 Å². The van der Waals surface area contributed by atoms with Gasteiger partial charge in [0, 0.05) is 36.1 Å². The van der Waals surface area contributed by atoms with Gasteiger partial charge in [-0.2, -0.15) is 0 Å². The zero-order chi connectivity index (χ0) is 19.7. The lowest BCUT2D eigenvalue weighted by Gasteiger charge is -2.29. The summed E-state index contributed by atoms with van der Waals surface area (Å²) >= 11 is 0. The van der Waals surface area contributed by atoms with Crippen LogP contribution in [-0.4, -0.2) is 41.6 Å². The second kappa shape index (κ2) is 7.28. The summed E-state index contributed by atoms with van der Waals surface area (Å²) in [6, 6.07) is 13.8. The van der Waals surface area contributed by atoms with E-state index in [1.807, 2.05) is 47.0 Å². The highest BCUT2D eigenvalue weighted by atomic mass is 16.5. The molecule has 3 heterocycles. The van der Waals surface area contributed by atoms with Crippen LogP contribution in [0.2, 0.25) is 0 Å². The number of nitrogens with one attached hydrogen (secondary N) is 1. The number of nitrogens with zero attached hydrogens (tertiary/aromatic N) is 3. The molecule has 1 amide bonds. The molecule has 0 bridgehead atoms. The van der Waals surface area contributed by atoms with E-state index in [0.29, 0.717) is 5.69 Å². The van der Waals surface area contributed by atoms with Crippen molar-refractivity contribution in [3.05, 3.63) is 60.2 Å². The number of benzene rings is 1. The maximum Gasteiger partial charge on any atom is 0.276 e. The average molecular weight is 378 g/mol. The third kappa shape index (κ3) is 3.60. The maximum absolute atomic E-state index is 13.0. The lowest BCUT2D eigenvalue weighted by molar-refractivity contribution is 0.102. The quantitative estimate of drug-likeness (QED) is 0.755. The van der Waals surface area contributed by atoms with Crippen molar-refractivity contribution in [2.45, 2.75) is 26.2 Å². The number of amides is 1. The summed E-state index contributed by atoms with van der Waals surface area (Å²) in [5, 5.41) is 3.02. The third-order valence-corrected chi connectivity index (χ3v) is 4.91. The maximum atomic E-state index is 13.0. The van der Waals surface area contributed by atoms with Crippen molar-refractivity contribution in [2.24, 2.45) is 0 Å². The number of pyridine rings is 1. The number of imidazole rings is 1. The van der Waals surface area contributed by atoms with Crippen LogP contribution in [0.4, 0.5) is 11.4 Å². The topological polar surface area (TPSA) is 58.9 Å². The number of morpholine rings is 1. The molecule has 0 saturated carbocycles. The van der Waals surface area contributed by atoms with Crippen LogP contribution in [0.3, 0.4) is 0 Å². The van der Waals surface area contributed by atoms with Crippen molar-refractivity contribution in [3.8, 4) is 0 Å². The first-order valence-corrected chi connectivity index (χ1v) is 9.65. The fraction of sp³-hybridized carbons (Fsp3) is 0.364. The molecule has 0 atom stereocenters. The van der Waals surface area contributed by atoms with Crippen LogP contribution < -0.4 is 10.2 Å². The first-order chi connectivity index (χ1) is 13.4. The largest absolute Gasteiger partial charge is 0.378 e. The summed E-state index contributed by atoms with van der Waals surface area (Å²) in [5.41, 5.74) is 2.95. The summed E-state index contributed by atoms with van der Waals surface area (Å²) in [7, 11) is 0. The molecule has 2 aromatic heterocycles. The predicted octanol–water partition coefficient (Wildman–Crippen LogP) is 3.72. The molecule has 146 valence electrons. The van der Waals surface area contributed by atoms with Crippen molar-refractivity contribution in [1.29, 1.82) is 0 Å². The molecule has 0 aliphatic carbocycles. The Labute approximate surface area is 165 Å². The van der Waals surface area contributed by atoms with Crippen LogP contribution in [0.25, 0.3) is 5.52 Å². The molecule has 3 aromatic rings. The minimum atomic E-state index is -0.196. The highest BCUT2D eigenvalue weighted by Gasteiger charge is 2.25. The standard InChI is InChI=1S/C22H26N4O2/c1-22(2,3)21-24-19(18-9-4-5-10-26(18)21)20(27)23-16-7-6-8-17(15-16)25-11-13-28-14-12-25/h4-10,15H,11-14H2,1-3H3,(H,23,27). The van der Waals surface area contributed by atoms with Gasteiger partial charge >= 0.3 is 0 Å². The monoisotopic (exact) mass is 378 g/mol. The van der Waals surface area contributed by atoms with Crippen molar-refractivity contribution >= 4 is 22.8 Å². The van der Waals surface area contributed by atoms with E-state index in [4.69, 9.17) is 9.72 Å². The van der Waals surface area contributed by atoms with E-state index < -0.39 is 0 Å². The molecule has 0 unspecified atom stereocenters. The number of aromatic nitrogens is 2. The van der Waals surface area contributed by atoms with E-state index in [9.17, 15) is 4.79 Å². The number of ether oxygens (including phenoxy) is 1. The first-order valence-electron chi connectivity index (χ1n) is 9.65. The highest BCUT2D eigenvalue weighted by molar-refractivity contribution is 6.07. The van der Waals surface area contributed by atoms with Crippen LogP contribution in [0, 0.1) is 0 Å². The first kappa shape index (κ1) is 18.5. The van der Waals surface area contributed by atoms with E-state index in [0.717, 1.165) is 49.0 Å². The van der Waals surface area contributed by atoms with Gasteiger partial charge in [0.25, 0.3) is 5.91 Å². The molecule has 1 aliphatic rings. The Balaban J connectivity index is 1.63. The molecule has 28 heavy (non-hydrogen) atoms. The Morgan fingerprint density at radius 3 is 2.64 bits per heavy atom. The molecule has 1 aromatic carbocycles. The third-order valence-electron chi connectivity index (χ3n) is 4.91. The zero-order valence-corrected chi connectivity index (χ0v) is 16.6. The minimum Gasteiger partial charge on any atom is -0.378 e. The molecule has 1 fully saturated rings. The van der Waals surface area contributed by atoms with Gasteiger partial charge in [-0.25, -0.2) is 4.98 Å². The number of fused-ring (bicyclic) bond motifs is 1. The summed E-state index contributed by atoms with van der Waals surface area (Å²) in [4.78, 5) is 20.0. The van der Waals surface area contributed by atoms with Crippen molar-refractivity contribution in [3.63, 3.8) is 0 Å². The Morgan fingerprint density at radius 1 is 1.11 bits per heavy atom. The molecule has 1 N–H and O–H groups in total. The number of hydrogen-bond acceptors (Lipinski definition) is 4. The lowest BCUT2D eigenvalue weighted by atomic mass is 9.96. The number of anilines is 2. The zero-order valence-electron chi connectivity index (χ0n) is 16.6. The molecule has 1 saturated heterocycles. The van der Waals surface area contributed by atoms with Gasteiger partial charge in [-0.05, 0) is 30.3 Å². The summed E-state index contributed by atoms with van der Waals surface area (Å²) in [6.45, 7) is 9.47. The minimum absolute atomic E-state index is 0.168. The molecule has 0 spiro atoms. The van der Waals surface area contributed by atoms with Crippen LogP contribution in [0.15, 0.2) is 48.7 Å². The van der Waals surface area contributed by atoms with Crippen LogP contribution >= 0.6 is 0 Å². The van der Waals surface area contributed by atoms with Crippen molar-refractivity contribution in [1.82, 2.24) is 9.38 Å². The van der Waals surface area contributed by atoms with Gasteiger partial charge in [0.2, 0.25) is 0 Å². The Bertz CT molecular complexity index is 997. The van der Waals surface area contributed by atoms with Crippen LogP contribution in [-0.2, 0) is 10.2 Å². The fourth-order valence-electron chi connectivity index (χ4n) is 3.53. The van der Waals surface area contributed by atoms with E-state index in [1.54, 1.807) is 0 Å². The van der Waals surface area contributed by atoms with Gasteiger partial charge in [0.1, 0.15) is 5.82 Å². The van der Waals surface area contributed by atoms with E-state index in [1.165, 1.54) is 0 Å². The summed E-state index contributed by atoms with van der Waals surface area (Å²) < 4.78 is 7.42. The van der Waals surface area contributed by atoms with Crippen molar-refractivity contribution < 1.29 is 9.53 Å². The number of rotatable bonds is 3. The van der Waals surface area contributed by atoms with Gasteiger partial charge in [0.05, 0.1) is 18.7 Å². The Kier molecular flexibility index (Phi) is 4.81. The smallest absolute Gasteiger partial charge is 0.276 e. The SMILES string of the molecule is CC(C)(C)c1nc(C(=O)Nc2cccc(N3CCOCC3)c2)c2ccccn12. The van der Waals surface area contributed by atoms with Crippen molar-refractivity contribution in [2.75, 3.05) is 36.5 Å². The normalized spacial score (nSPS) is 15.0. The molecule has 1 aliphatic heterocycles. The molecule has 6 heteroatoms. The second-order valence-corrected chi connectivity index (χ2v) is 8.09. The van der Waals surface area contributed by atoms with E-state index in [-0.39, 0.29) is 11.3 Å². The highest BCUT2D eigenvalue weighted by Crippen LogP contribution is 2.26. The average Bonchev–Trinajstić information content (AvgIpc) is 3.09. The molecular weight excluding hydrogens is 352 g/mol. The van der Waals surface area contributed by atoms with Gasteiger partial charge in [-0.15, -0.1) is 0 Å². The Hall–Kier alpha value is -2.86. The number of carbonyl (C=O) groups is 1. The molecular formula is C22H26N4O2. The fourth-order valence-corrected chi connectivity index (χ4v) is 3.53. The summed E-state index contributed by atoms with van der Waals surface area (Å²) in [6.07, 6.45) is 1.96. The molecule has 0 radical (unpaired) electrons. The van der Waals surface area contributed by atoms with Gasteiger partial charge in [-0.3, -0.25) is 4.79 Å². The van der Waals surface area contributed by atoms with E-state index in [2.05, 4.69) is 37.1 Å². The van der Waals surface area contributed by atoms with Gasteiger partial charge in [-0.1, -0.05) is 32.9 Å². The lowest BCUT2D eigenvalue weighted by Crippen LogP contribution is -2.36. The Morgan fingerprint density at radius 2 is 1.89 bits per heavy atom. The molecule has 4 rings (SSSR count). The second-order valence-electron chi connectivity index (χ2n) is 8.09. The van der Waals surface area contributed by atoms with Gasteiger partial charge in [0.15, 0.2) is 5.69 Å². The van der Waals surface area contributed by atoms with Crippen LogP contribution in [0.1, 0.15) is 37.1 Å². The summed E-state index contributed by atoms with van der Waals surface area (Å²) in [5.74, 6) is 0.675. The molecule has 6 nitrogen and oxygen atoms in total.